The molecule has 0 saturated carbocycles. The summed E-state index contributed by atoms with van der Waals surface area (Å²) in [7, 11) is 0. The summed E-state index contributed by atoms with van der Waals surface area (Å²) in [6, 6.07) is 17.5. The second-order valence-corrected chi connectivity index (χ2v) is 7.69. The first kappa shape index (κ1) is 19.1. The molecule has 0 bridgehead atoms. The smallest absolute Gasteiger partial charge is 0.258 e. The third-order valence-electron chi connectivity index (χ3n) is 4.69. The van der Waals surface area contributed by atoms with Crippen LogP contribution in [0.2, 0.25) is 0 Å². The van der Waals surface area contributed by atoms with Crippen molar-refractivity contribution in [2.24, 2.45) is 0 Å². The Morgan fingerprint density at radius 2 is 1.90 bits per heavy atom. The third kappa shape index (κ3) is 4.14. The SMILES string of the molecule is Cc1cc(C(=O)Nc2ccn(Cc3ccccn3)n2)c(C)n1-c1ccc(Br)cc1. The van der Waals surface area contributed by atoms with Crippen LogP contribution < -0.4 is 5.32 Å². The van der Waals surface area contributed by atoms with Gasteiger partial charge in [0.25, 0.3) is 5.91 Å². The van der Waals surface area contributed by atoms with Gasteiger partial charge in [0, 0.05) is 40.0 Å². The Morgan fingerprint density at radius 1 is 1.10 bits per heavy atom. The molecule has 7 heteroatoms. The van der Waals surface area contributed by atoms with Crippen molar-refractivity contribution < 1.29 is 4.79 Å². The van der Waals surface area contributed by atoms with Crippen LogP contribution in [-0.2, 0) is 6.54 Å². The molecule has 1 amide bonds. The number of benzene rings is 1. The van der Waals surface area contributed by atoms with E-state index < -0.39 is 0 Å². The summed E-state index contributed by atoms with van der Waals surface area (Å²) < 4.78 is 4.84. The zero-order valence-corrected chi connectivity index (χ0v) is 17.7. The lowest BCUT2D eigenvalue weighted by Gasteiger charge is -2.10. The van der Waals surface area contributed by atoms with E-state index in [0.29, 0.717) is 17.9 Å². The van der Waals surface area contributed by atoms with Crippen molar-refractivity contribution in [3.05, 3.63) is 94.1 Å². The van der Waals surface area contributed by atoms with Gasteiger partial charge in [-0.2, -0.15) is 5.10 Å². The van der Waals surface area contributed by atoms with Crippen molar-refractivity contribution in [1.82, 2.24) is 19.3 Å². The normalized spacial score (nSPS) is 10.9. The van der Waals surface area contributed by atoms with Crippen LogP contribution in [0.25, 0.3) is 5.69 Å². The van der Waals surface area contributed by atoms with Crippen molar-refractivity contribution in [1.29, 1.82) is 0 Å². The number of nitrogens with zero attached hydrogens (tertiary/aromatic N) is 4. The van der Waals surface area contributed by atoms with Crippen molar-refractivity contribution >= 4 is 27.7 Å². The molecule has 4 aromatic rings. The molecule has 146 valence electrons. The highest BCUT2D eigenvalue weighted by atomic mass is 79.9. The number of carbonyl (C=O) groups excluding carboxylic acids is 1. The molecule has 0 atom stereocenters. The summed E-state index contributed by atoms with van der Waals surface area (Å²) in [5.74, 6) is 0.337. The van der Waals surface area contributed by atoms with Crippen LogP contribution in [-0.4, -0.2) is 25.2 Å². The number of nitrogens with one attached hydrogen (secondary N) is 1. The Morgan fingerprint density at radius 3 is 2.62 bits per heavy atom. The fraction of sp³-hybridized carbons (Fsp3) is 0.136. The van der Waals surface area contributed by atoms with E-state index in [4.69, 9.17) is 0 Å². The number of hydrogen-bond acceptors (Lipinski definition) is 3. The number of aromatic nitrogens is 4. The molecule has 0 spiro atoms. The highest BCUT2D eigenvalue weighted by molar-refractivity contribution is 9.10. The zero-order valence-electron chi connectivity index (χ0n) is 16.1. The largest absolute Gasteiger partial charge is 0.318 e. The second-order valence-electron chi connectivity index (χ2n) is 6.77. The number of hydrogen-bond donors (Lipinski definition) is 1. The molecule has 0 aliphatic carbocycles. The van der Waals surface area contributed by atoms with Crippen LogP contribution in [0.3, 0.4) is 0 Å². The number of halogens is 1. The van der Waals surface area contributed by atoms with E-state index in [1.54, 1.807) is 16.9 Å². The number of rotatable bonds is 5. The van der Waals surface area contributed by atoms with Crippen LogP contribution in [0.15, 0.2) is 71.5 Å². The summed E-state index contributed by atoms with van der Waals surface area (Å²) in [6.07, 6.45) is 3.58. The molecule has 4 rings (SSSR count). The third-order valence-corrected chi connectivity index (χ3v) is 5.22. The highest BCUT2D eigenvalue weighted by Gasteiger charge is 2.17. The van der Waals surface area contributed by atoms with E-state index >= 15 is 0 Å². The summed E-state index contributed by atoms with van der Waals surface area (Å²) in [4.78, 5) is 17.2. The van der Waals surface area contributed by atoms with Gasteiger partial charge in [0.05, 0.1) is 17.8 Å². The van der Waals surface area contributed by atoms with E-state index in [1.165, 1.54) is 0 Å². The number of carbonyl (C=O) groups is 1. The molecule has 29 heavy (non-hydrogen) atoms. The molecular weight excluding hydrogens is 430 g/mol. The maximum absolute atomic E-state index is 12.9. The topological polar surface area (TPSA) is 64.7 Å². The van der Waals surface area contributed by atoms with Crippen molar-refractivity contribution in [3.8, 4) is 5.69 Å². The van der Waals surface area contributed by atoms with Gasteiger partial charge in [0.1, 0.15) is 0 Å². The minimum Gasteiger partial charge on any atom is -0.318 e. The van der Waals surface area contributed by atoms with E-state index in [0.717, 1.165) is 27.2 Å². The Hall–Kier alpha value is -3.19. The molecule has 1 aromatic carbocycles. The number of anilines is 1. The molecule has 0 saturated heterocycles. The molecule has 0 fully saturated rings. The molecule has 6 nitrogen and oxygen atoms in total. The van der Waals surface area contributed by atoms with Gasteiger partial charge in [-0.3, -0.25) is 14.5 Å². The van der Waals surface area contributed by atoms with Crippen LogP contribution in [0.5, 0.6) is 0 Å². The van der Waals surface area contributed by atoms with Crippen molar-refractivity contribution in [2.75, 3.05) is 5.32 Å². The molecule has 1 N–H and O–H groups in total. The second kappa shape index (κ2) is 8.05. The quantitative estimate of drug-likeness (QED) is 0.478. The van der Waals surface area contributed by atoms with Crippen LogP contribution >= 0.6 is 15.9 Å². The minimum absolute atomic E-state index is 0.176. The van der Waals surface area contributed by atoms with Gasteiger partial charge in [0.2, 0.25) is 0 Å². The molecule has 0 aliphatic heterocycles. The average Bonchev–Trinajstić information content (AvgIpc) is 3.27. The zero-order chi connectivity index (χ0) is 20.4. The lowest BCUT2D eigenvalue weighted by molar-refractivity contribution is 0.102. The number of pyridine rings is 1. The van der Waals surface area contributed by atoms with E-state index in [9.17, 15) is 4.79 Å². The Balaban J connectivity index is 1.52. The molecule has 0 radical (unpaired) electrons. The predicted octanol–water partition coefficient (Wildman–Crippen LogP) is 4.75. The monoisotopic (exact) mass is 449 g/mol. The van der Waals surface area contributed by atoms with Crippen molar-refractivity contribution in [3.63, 3.8) is 0 Å². The first-order valence-electron chi connectivity index (χ1n) is 9.21. The van der Waals surface area contributed by atoms with Gasteiger partial charge < -0.3 is 9.88 Å². The average molecular weight is 450 g/mol. The predicted molar refractivity (Wildman–Crippen MR) is 116 cm³/mol. The van der Waals surface area contributed by atoms with E-state index in [-0.39, 0.29) is 5.91 Å². The number of amides is 1. The summed E-state index contributed by atoms with van der Waals surface area (Å²) >= 11 is 3.46. The van der Waals surface area contributed by atoms with Crippen LogP contribution in [0.4, 0.5) is 5.82 Å². The first-order chi connectivity index (χ1) is 14.0. The fourth-order valence-corrected chi connectivity index (χ4v) is 3.60. The van der Waals surface area contributed by atoms with Gasteiger partial charge in [-0.15, -0.1) is 0 Å². The maximum atomic E-state index is 12.9. The number of aryl methyl sites for hydroxylation is 1. The fourth-order valence-electron chi connectivity index (χ4n) is 3.34. The molecule has 3 heterocycles. The molecular formula is C22H20BrN5O. The van der Waals surface area contributed by atoms with Gasteiger partial charge >= 0.3 is 0 Å². The Kier molecular flexibility index (Phi) is 5.31. The van der Waals surface area contributed by atoms with Gasteiger partial charge in [-0.05, 0) is 56.3 Å². The van der Waals surface area contributed by atoms with Gasteiger partial charge in [-0.25, -0.2) is 0 Å². The highest BCUT2D eigenvalue weighted by Crippen LogP contribution is 2.23. The molecule has 3 aromatic heterocycles. The van der Waals surface area contributed by atoms with Gasteiger partial charge in [0.15, 0.2) is 5.82 Å². The standard InChI is InChI=1S/C22H20BrN5O/c1-15-13-20(16(2)28(15)19-8-6-17(23)7-9-19)22(29)25-21-10-12-27(26-21)14-18-5-3-4-11-24-18/h3-13H,14H2,1-2H3,(H,25,26,29). The lowest BCUT2D eigenvalue weighted by Crippen LogP contribution is -2.14. The molecule has 0 aliphatic rings. The molecule has 0 unspecified atom stereocenters. The van der Waals surface area contributed by atoms with E-state index in [1.807, 2.05) is 68.6 Å². The van der Waals surface area contributed by atoms with Crippen molar-refractivity contribution in [2.45, 2.75) is 20.4 Å². The summed E-state index contributed by atoms with van der Waals surface area (Å²) in [5, 5.41) is 7.32. The maximum Gasteiger partial charge on any atom is 0.258 e. The minimum atomic E-state index is -0.176. The lowest BCUT2D eigenvalue weighted by atomic mass is 10.2. The first-order valence-corrected chi connectivity index (χ1v) is 10.00. The van der Waals surface area contributed by atoms with Crippen LogP contribution in [0, 0.1) is 13.8 Å². The Labute approximate surface area is 177 Å². The van der Waals surface area contributed by atoms with Crippen LogP contribution in [0.1, 0.15) is 27.4 Å². The Bertz CT molecular complexity index is 1150. The van der Waals surface area contributed by atoms with E-state index in [2.05, 4.69) is 35.9 Å². The van der Waals surface area contributed by atoms with Gasteiger partial charge in [-0.1, -0.05) is 22.0 Å². The summed E-state index contributed by atoms with van der Waals surface area (Å²) in [6.45, 7) is 4.49. The summed E-state index contributed by atoms with van der Waals surface area (Å²) in [5.41, 5.74) is 4.43.